The summed E-state index contributed by atoms with van der Waals surface area (Å²) in [6.45, 7) is 2.54. The number of hydrogen-bond donors (Lipinski definition) is 1. The fourth-order valence-corrected chi connectivity index (χ4v) is 2.91. The van der Waals surface area contributed by atoms with Crippen LogP contribution in [0.4, 0.5) is 0 Å². The molecule has 29 heavy (non-hydrogen) atoms. The molecule has 0 aliphatic carbocycles. The maximum absolute atomic E-state index is 10.5. The fraction of sp³-hybridized carbons (Fsp3) is 0.455. The highest BCUT2D eigenvalue weighted by Crippen LogP contribution is 2.28. The summed E-state index contributed by atoms with van der Waals surface area (Å²) in [6, 6.07) is 13.1. The molecular weight excluding hydrogens is 374 g/mol. The van der Waals surface area contributed by atoms with Crippen molar-refractivity contribution in [2.24, 2.45) is 0 Å². The van der Waals surface area contributed by atoms with Crippen molar-refractivity contribution in [2.45, 2.75) is 12.6 Å². The highest BCUT2D eigenvalue weighted by molar-refractivity contribution is 5.42. The topological polar surface area (TPSA) is 69.6 Å². The monoisotopic (exact) mass is 405 g/mol. The predicted molar refractivity (Wildman–Crippen MR) is 111 cm³/mol. The summed E-state index contributed by atoms with van der Waals surface area (Å²) in [5.41, 5.74) is 1.06. The van der Waals surface area contributed by atoms with Crippen molar-refractivity contribution in [2.75, 3.05) is 54.7 Å². The van der Waals surface area contributed by atoms with Gasteiger partial charge in [0.1, 0.15) is 24.2 Å². The van der Waals surface area contributed by atoms with Crippen molar-refractivity contribution in [3.8, 4) is 23.0 Å². The number of rotatable bonds is 13. The summed E-state index contributed by atoms with van der Waals surface area (Å²) in [7, 11) is 6.51. The van der Waals surface area contributed by atoms with E-state index in [1.807, 2.05) is 42.5 Å². The second-order valence-corrected chi connectivity index (χ2v) is 6.56. The molecule has 0 radical (unpaired) electrons. The lowest BCUT2D eigenvalue weighted by Gasteiger charge is -2.25. The molecule has 0 saturated carbocycles. The first kappa shape index (κ1) is 22.8. The van der Waals surface area contributed by atoms with Gasteiger partial charge in [-0.1, -0.05) is 6.07 Å². The molecule has 0 unspecified atom stereocenters. The molecule has 0 aliphatic rings. The minimum absolute atomic E-state index is 0.196. The van der Waals surface area contributed by atoms with E-state index in [2.05, 4.69) is 4.90 Å². The number of ether oxygens (including phenoxy) is 5. The van der Waals surface area contributed by atoms with Crippen molar-refractivity contribution in [3.63, 3.8) is 0 Å². The van der Waals surface area contributed by atoms with Gasteiger partial charge < -0.3 is 28.8 Å². The quantitative estimate of drug-likeness (QED) is 0.549. The number of methoxy groups -OCH3 is 4. The molecule has 2 aromatic carbocycles. The molecule has 1 atom stereocenters. The summed E-state index contributed by atoms with van der Waals surface area (Å²) in [5.74, 6) is 2.82. The molecule has 0 spiro atoms. The van der Waals surface area contributed by atoms with Gasteiger partial charge in [0.2, 0.25) is 0 Å². The Hall–Kier alpha value is -2.48. The first-order valence-corrected chi connectivity index (χ1v) is 9.46. The average Bonchev–Trinajstić information content (AvgIpc) is 2.76. The van der Waals surface area contributed by atoms with Crippen LogP contribution in [-0.2, 0) is 11.3 Å². The van der Waals surface area contributed by atoms with Crippen LogP contribution < -0.4 is 18.9 Å². The van der Waals surface area contributed by atoms with Crippen molar-refractivity contribution < 1.29 is 28.8 Å². The third-order valence-corrected chi connectivity index (χ3v) is 4.44. The van der Waals surface area contributed by atoms with Gasteiger partial charge in [-0.2, -0.15) is 0 Å². The first-order valence-electron chi connectivity index (χ1n) is 9.46. The second kappa shape index (κ2) is 12.2. The number of nitrogens with zero attached hydrogens (tertiary/aromatic N) is 1. The smallest absolute Gasteiger partial charge is 0.161 e. The molecule has 0 heterocycles. The lowest BCUT2D eigenvalue weighted by molar-refractivity contribution is 0.0542. The van der Waals surface area contributed by atoms with Crippen molar-refractivity contribution in [1.29, 1.82) is 0 Å². The van der Waals surface area contributed by atoms with Gasteiger partial charge in [0.05, 0.1) is 27.9 Å². The van der Waals surface area contributed by atoms with Gasteiger partial charge in [-0.15, -0.1) is 0 Å². The molecule has 2 aromatic rings. The summed E-state index contributed by atoms with van der Waals surface area (Å²) in [6.07, 6.45) is -0.644. The van der Waals surface area contributed by atoms with Crippen LogP contribution in [0.2, 0.25) is 0 Å². The highest BCUT2D eigenvalue weighted by Gasteiger charge is 2.15. The van der Waals surface area contributed by atoms with Crippen LogP contribution in [0.1, 0.15) is 5.56 Å². The van der Waals surface area contributed by atoms with E-state index in [-0.39, 0.29) is 6.61 Å². The van der Waals surface area contributed by atoms with Gasteiger partial charge in [-0.25, -0.2) is 0 Å². The van der Waals surface area contributed by atoms with Crippen LogP contribution in [0.15, 0.2) is 42.5 Å². The summed E-state index contributed by atoms with van der Waals surface area (Å²) >= 11 is 0. The molecule has 7 nitrogen and oxygen atoms in total. The van der Waals surface area contributed by atoms with Crippen LogP contribution in [0.25, 0.3) is 0 Å². The molecule has 0 aliphatic heterocycles. The predicted octanol–water partition coefficient (Wildman–Crippen LogP) is 2.60. The number of benzene rings is 2. The van der Waals surface area contributed by atoms with E-state index in [0.29, 0.717) is 43.5 Å². The lowest BCUT2D eigenvalue weighted by Crippen LogP contribution is -2.37. The number of aliphatic hydroxyl groups is 1. The molecule has 160 valence electrons. The zero-order valence-electron chi connectivity index (χ0n) is 17.6. The van der Waals surface area contributed by atoms with Crippen LogP contribution >= 0.6 is 0 Å². The molecule has 0 bridgehead atoms. The average molecular weight is 405 g/mol. The zero-order chi connectivity index (χ0) is 21.1. The Morgan fingerprint density at radius 3 is 2.17 bits per heavy atom. The van der Waals surface area contributed by atoms with E-state index in [0.717, 1.165) is 11.3 Å². The Labute approximate surface area is 172 Å². The van der Waals surface area contributed by atoms with Crippen LogP contribution in [0.5, 0.6) is 23.0 Å². The van der Waals surface area contributed by atoms with E-state index in [1.54, 1.807) is 28.4 Å². The normalized spacial score (nSPS) is 11.9. The van der Waals surface area contributed by atoms with E-state index in [1.165, 1.54) is 0 Å². The zero-order valence-corrected chi connectivity index (χ0v) is 17.6. The Kier molecular flexibility index (Phi) is 9.56. The maximum atomic E-state index is 10.5. The SMILES string of the molecule is COCCN(Cc1ccc(OC)c(OC)c1)C[C@H](O)COc1ccc(OC)cc1. The molecule has 0 saturated heterocycles. The van der Waals surface area contributed by atoms with E-state index >= 15 is 0 Å². The molecule has 0 fully saturated rings. The van der Waals surface area contributed by atoms with Gasteiger partial charge in [0.15, 0.2) is 11.5 Å². The maximum Gasteiger partial charge on any atom is 0.161 e. The van der Waals surface area contributed by atoms with Crippen LogP contribution in [0.3, 0.4) is 0 Å². The first-order chi connectivity index (χ1) is 14.1. The molecule has 0 aromatic heterocycles. The van der Waals surface area contributed by atoms with Crippen LogP contribution in [0, 0.1) is 0 Å². The largest absolute Gasteiger partial charge is 0.497 e. The lowest BCUT2D eigenvalue weighted by atomic mass is 10.1. The summed E-state index contributed by atoms with van der Waals surface area (Å²) < 4.78 is 26.7. The molecule has 0 amide bonds. The van der Waals surface area contributed by atoms with Gasteiger partial charge >= 0.3 is 0 Å². The van der Waals surface area contributed by atoms with Crippen molar-refractivity contribution in [1.82, 2.24) is 4.90 Å². The van der Waals surface area contributed by atoms with Gasteiger partial charge in [-0.3, -0.25) is 4.90 Å². The molecule has 1 N–H and O–H groups in total. The van der Waals surface area contributed by atoms with Gasteiger partial charge in [0, 0.05) is 26.7 Å². The van der Waals surface area contributed by atoms with Gasteiger partial charge in [0.25, 0.3) is 0 Å². The Balaban J connectivity index is 1.94. The standard InChI is InChI=1S/C22H31NO6/c1-25-12-11-23(14-17-5-10-21(27-3)22(13-17)28-4)15-18(24)16-29-20-8-6-19(26-2)7-9-20/h5-10,13,18,24H,11-12,14-16H2,1-4H3/t18-/m0/s1. The summed E-state index contributed by atoms with van der Waals surface area (Å²) in [4.78, 5) is 2.12. The Morgan fingerprint density at radius 2 is 1.55 bits per heavy atom. The Morgan fingerprint density at radius 1 is 0.862 bits per heavy atom. The van der Waals surface area contributed by atoms with Crippen LogP contribution in [-0.4, -0.2) is 70.9 Å². The molecular formula is C22H31NO6. The van der Waals surface area contributed by atoms with Crippen molar-refractivity contribution >= 4 is 0 Å². The molecule has 7 heteroatoms. The Bertz CT molecular complexity index is 722. The van der Waals surface area contributed by atoms with Gasteiger partial charge in [-0.05, 0) is 42.0 Å². The third kappa shape index (κ3) is 7.45. The fourth-order valence-electron chi connectivity index (χ4n) is 2.91. The number of hydrogen-bond acceptors (Lipinski definition) is 7. The third-order valence-electron chi connectivity index (χ3n) is 4.44. The molecule has 2 rings (SSSR count). The minimum Gasteiger partial charge on any atom is -0.497 e. The number of aliphatic hydroxyl groups excluding tert-OH is 1. The summed E-state index contributed by atoms with van der Waals surface area (Å²) in [5, 5.41) is 10.5. The highest BCUT2D eigenvalue weighted by atomic mass is 16.5. The van der Waals surface area contributed by atoms with E-state index in [9.17, 15) is 5.11 Å². The van der Waals surface area contributed by atoms with Crippen molar-refractivity contribution in [3.05, 3.63) is 48.0 Å². The minimum atomic E-state index is -0.644. The van der Waals surface area contributed by atoms with E-state index in [4.69, 9.17) is 23.7 Å². The second-order valence-electron chi connectivity index (χ2n) is 6.56. The van der Waals surface area contributed by atoms with E-state index < -0.39 is 6.10 Å².